The van der Waals surface area contributed by atoms with E-state index in [0.29, 0.717) is 6.04 Å². The molecule has 2 heterocycles. The van der Waals surface area contributed by atoms with E-state index in [1.807, 2.05) is 4.90 Å². The number of hydrogen-bond acceptors (Lipinski definition) is 3. The lowest BCUT2D eigenvalue weighted by Gasteiger charge is -2.31. The summed E-state index contributed by atoms with van der Waals surface area (Å²) in [6.45, 7) is 4.52. The standard InChI is InChI=1S/C11H15N3O.2ClH/c1-9-8-14(7-6-13-9)11(15)10-2-4-12-5-3-10;;/h2-5,9,13H,6-8H2,1H3;2*1H/t9-;;/m0../s1. The zero-order valence-corrected chi connectivity index (χ0v) is 11.3. The maximum absolute atomic E-state index is 12.0. The average molecular weight is 278 g/mol. The highest BCUT2D eigenvalue weighted by Gasteiger charge is 2.21. The molecule has 0 radical (unpaired) electrons. The van der Waals surface area contributed by atoms with Crippen LogP contribution in [0.2, 0.25) is 0 Å². The van der Waals surface area contributed by atoms with Gasteiger partial charge in [0.05, 0.1) is 0 Å². The average Bonchev–Trinajstić information content (AvgIpc) is 2.29. The van der Waals surface area contributed by atoms with Gasteiger partial charge in [-0.15, -0.1) is 24.8 Å². The lowest BCUT2D eigenvalue weighted by Crippen LogP contribution is -2.51. The molecular formula is C11H17Cl2N3O. The van der Waals surface area contributed by atoms with E-state index in [1.165, 1.54) is 0 Å². The van der Waals surface area contributed by atoms with Crippen LogP contribution in [0.5, 0.6) is 0 Å². The molecular weight excluding hydrogens is 261 g/mol. The molecule has 1 aliphatic heterocycles. The van der Waals surface area contributed by atoms with E-state index >= 15 is 0 Å². The van der Waals surface area contributed by atoms with Gasteiger partial charge in [0.15, 0.2) is 0 Å². The highest BCUT2D eigenvalue weighted by Crippen LogP contribution is 2.06. The van der Waals surface area contributed by atoms with E-state index in [4.69, 9.17) is 0 Å². The van der Waals surface area contributed by atoms with Gasteiger partial charge in [0.1, 0.15) is 0 Å². The van der Waals surface area contributed by atoms with Crippen molar-refractivity contribution >= 4 is 30.7 Å². The van der Waals surface area contributed by atoms with Crippen molar-refractivity contribution < 1.29 is 4.79 Å². The molecule has 1 aromatic rings. The molecule has 96 valence electrons. The first-order chi connectivity index (χ1) is 7.27. The zero-order valence-electron chi connectivity index (χ0n) is 9.63. The van der Waals surface area contributed by atoms with E-state index in [1.54, 1.807) is 24.5 Å². The normalized spacial score (nSPS) is 18.9. The van der Waals surface area contributed by atoms with Gasteiger partial charge in [0.2, 0.25) is 0 Å². The van der Waals surface area contributed by atoms with Crippen LogP contribution < -0.4 is 5.32 Å². The van der Waals surface area contributed by atoms with Gasteiger partial charge in [0, 0.05) is 43.6 Å². The maximum Gasteiger partial charge on any atom is 0.254 e. The van der Waals surface area contributed by atoms with Crippen molar-refractivity contribution in [1.82, 2.24) is 15.2 Å². The maximum atomic E-state index is 12.0. The second kappa shape index (κ2) is 7.48. The molecule has 2 rings (SSSR count). The lowest BCUT2D eigenvalue weighted by atomic mass is 10.2. The van der Waals surface area contributed by atoms with Crippen LogP contribution in [-0.4, -0.2) is 41.5 Å². The Morgan fingerprint density at radius 1 is 1.41 bits per heavy atom. The first kappa shape index (κ1) is 16.2. The van der Waals surface area contributed by atoms with Gasteiger partial charge in [-0.05, 0) is 19.1 Å². The summed E-state index contributed by atoms with van der Waals surface area (Å²) in [6, 6.07) is 3.90. The van der Waals surface area contributed by atoms with Crippen LogP contribution in [0.25, 0.3) is 0 Å². The molecule has 17 heavy (non-hydrogen) atoms. The summed E-state index contributed by atoms with van der Waals surface area (Å²) in [5.74, 6) is 0.103. The summed E-state index contributed by atoms with van der Waals surface area (Å²) in [4.78, 5) is 17.8. The smallest absolute Gasteiger partial charge is 0.254 e. The Morgan fingerprint density at radius 3 is 2.65 bits per heavy atom. The number of aromatic nitrogens is 1. The number of nitrogens with one attached hydrogen (secondary N) is 1. The molecule has 1 saturated heterocycles. The van der Waals surface area contributed by atoms with Crippen LogP contribution in [0, 0.1) is 0 Å². The molecule has 0 spiro atoms. The molecule has 0 aliphatic carbocycles. The Bertz CT molecular complexity index is 348. The minimum absolute atomic E-state index is 0. The third-order valence-corrected chi connectivity index (χ3v) is 2.58. The van der Waals surface area contributed by atoms with Crippen LogP contribution in [0.15, 0.2) is 24.5 Å². The number of hydrogen-bond donors (Lipinski definition) is 1. The Balaban J connectivity index is 0.00000128. The number of pyridine rings is 1. The van der Waals surface area contributed by atoms with E-state index in [2.05, 4.69) is 17.2 Å². The van der Waals surface area contributed by atoms with Gasteiger partial charge in [-0.3, -0.25) is 9.78 Å². The van der Waals surface area contributed by atoms with Crippen molar-refractivity contribution in [1.29, 1.82) is 0 Å². The lowest BCUT2D eigenvalue weighted by molar-refractivity contribution is 0.0709. The fraction of sp³-hybridized carbons (Fsp3) is 0.455. The largest absolute Gasteiger partial charge is 0.336 e. The van der Waals surface area contributed by atoms with Crippen molar-refractivity contribution in [3.63, 3.8) is 0 Å². The van der Waals surface area contributed by atoms with E-state index in [0.717, 1.165) is 25.2 Å². The molecule has 1 fully saturated rings. The third-order valence-electron chi connectivity index (χ3n) is 2.58. The van der Waals surface area contributed by atoms with E-state index in [9.17, 15) is 4.79 Å². The number of rotatable bonds is 1. The summed E-state index contributed by atoms with van der Waals surface area (Å²) in [6.07, 6.45) is 3.30. The summed E-state index contributed by atoms with van der Waals surface area (Å²) in [5.41, 5.74) is 0.721. The van der Waals surface area contributed by atoms with Crippen molar-refractivity contribution in [2.45, 2.75) is 13.0 Å². The van der Waals surface area contributed by atoms with Gasteiger partial charge in [-0.2, -0.15) is 0 Å². The van der Waals surface area contributed by atoms with Crippen LogP contribution >= 0.6 is 24.8 Å². The number of carbonyl (C=O) groups excluding carboxylic acids is 1. The Kier molecular flexibility index (Phi) is 7.11. The quantitative estimate of drug-likeness (QED) is 0.843. The van der Waals surface area contributed by atoms with E-state index in [-0.39, 0.29) is 30.7 Å². The Labute approximate surface area is 114 Å². The number of piperazine rings is 1. The first-order valence-electron chi connectivity index (χ1n) is 5.20. The zero-order chi connectivity index (χ0) is 10.7. The third kappa shape index (κ3) is 4.15. The van der Waals surface area contributed by atoms with Crippen LogP contribution in [0.1, 0.15) is 17.3 Å². The summed E-state index contributed by atoms with van der Waals surface area (Å²) in [7, 11) is 0. The summed E-state index contributed by atoms with van der Waals surface area (Å²) < 4.78 is 0. The molecule has 4 nitrogen and oxygen atoms in total. The van der Waals surface area contributed by atoms with Crippen molar-refractivity contribution in [2.75, 3.05) is 19.6 Å². The first-order valence-corrected chi connectivity index (χ1v) is 5.20. The molecule has 0 aromatic carbocycles. The van der Waals surface area contributed by atoms with Gasteiger partial charge in [-0.25, -0.2) is 0 Å². The fourth-order valence-corrected chi connectivity index (χ4v) is 1.79. The van der Waals surface area contributed by atoms with Crippen molar-refractivity contribution in [2.24, 2.45) is 0 Å². The van der Waals surface area contributed by atoms with Crippen molar-refractivity contribution in [3.8, 4) is 0 Å². The van der Waals surface area contributed by atoms with Crippen LogP contribution in [0.4, 0.5) is 0 Å². The topological polar surface area (TPSA) is 45.2 Å². The summed E-state index contributed by atoms with van der Waals surface area (Å²) >= 11 is 0. The van der Waals surface area contributed by atoms with Gasteiger partial charge in [-0.1, -0.05) is 0 Å². The van der Waals surface area contributed by atoms with E-state index < -0.39 is 0 Å². The fourth-order valence-electron chi connectivity index (χ4n) is 1.79. The second-order valence-corrected chi connectivity index (χ2v) is 3.84. The number of halogens is 2. The SMILES string of the molecule is C[C@H]1CN(C(=O)c2ccncc2)CCN1.Cl.Cl. The minimum Gasteiger partial charge on any atom is -0.336 e. The molecule has 1 N–H and O–H groups in total. The minimum atomic E-state index is 0. The summed E-state index contributed by atoms with van der Waals surface area (Å²) in [5, 5.41) is 3.31. The van der Waals surface area contributed by atoms with Crippen molar-refractivity contribution in [3.05, 3.63) is 30.1 Å². The number of amides is 1. The number of carbonyl (C=O) groups is 1. The second-order valence-electron chi connectivity index (χ2n) is 3.84. The molecule has 6 heteroatoms. The monoisotopic (exact) mass is 277 g/mol. The molecule has 1 aliphatic rings. The number of nitrogens with zero attached hydrogens (tertiary/aromatic N) is 2. The highest BCUT2D eigenvalue weighted by atomic mass is 35.5. The van der Waals surface area contributed by atoms with Crippen LogP contribution in [0.3, 0.4) is 0 Å². The molecule has 0 bridgehead atoms. The van der Waals surface area contributed by atoms with Gasteiger partial charge in [0.25, 0.3) is 5.91 Å². The van der Waals surface area contributed by atoms with Gasteiger partial charge >= 0.3 is 0 Å². The Morgan fingerprint density at radius 2 is 2.06 bits per heavy atom. The predicted octanol–water partition coefficient (Wildman–Crippen LogP) is 1.36. The molecule has 1 aromatic heterocycles. The molecule has 0 unspecified atom stereocenters. The predicted molar refractivity (Wildman–Crippen MR) is 72.1 cm³/mol. The molecule has 0 saturated carbocycles. The highest BCUT2D eigenvalue weighted by molar-refractivity contribution is 5.94. The van der Waals surface area contributed by atoms with Crippen LogP contribution in [-0.2, 0) is 0 Å². The Hall–Kier alpha value is -0.840. The van der Waals surface area contributed by atoms with Gasteiger partial charge < -0.3 is 10.2 Å². The molecule has 1 atom stereocenters. The molecule has 1 amide bonds.